The molecule has 0 radical (unpaired) electrons. The van der Waals surface area contributed by atoms with Gasteiger partial charge in [0.1, 0.15) is 17.8 Å². The molecule has 0 aliphatic heterocycles. The molecular weight excluding hydrogens is 412 g/mol. The van der Waals surface area contributed by atoms with E-state index in [1.807, 2.05) is 10.8 Å². The average Bonchev–Trinajstić information content (AvgIpc) is 3.13. The third kappa shape index (κ3) is 5.56. The van der Waals surface area contributed by atoms with Crippen molar-refractivity contribution in [2.24, 2.45) is 0 Å². The Balaban J connectivity index is 1.75. The summed E-state index contributed by atoms with van der Waals surface area (Å²) in [6, 6.07) is 11.3. The number of hydrogen-bond acceptors (Lipinski definition) is 5. The Hall–Kier alpha value is -1.89. The van der Waals surface area contributed by atoms with Gasteiger partial charge in [0.2, 0.25) is 0 Å². The van der Waals surface area contributed by atoms with Crippen LogP contribution in [0.4, 0.5) is 4.79 Å². The van der Waals surface area contributed by atoms with Crippen molar-refractivity contribution in [2.45, 2.75) is 32.6 Å². The first-order chi connectivity index (χ1) is 13.4. The molecule has 0 fully saturated rings. The first-order valence-electron chi connectivity index (χ1n) is 8.76. The third-order valence-electron chi connectivity index (χ3n) is 4.25. The summed E-state index contributed by atoms with van der Waals surface area (Å²) in [5.74, 6) is 0.595. The fourth-order valence-electron chi connectivity index (χ4n) is 3.18. The van der Waals surface area contributed by atoms with Gasteiger partial charge in [0, 0.05) is 24.0 Å². The van der Waals surface area contributed by atoms with E-state index in [2.05, 4.69) is 37.9 Å². The number of rotatable bonds is 6. The summed E-state index contributed by atoms with van der Waals surface area (Å²) in [5, 5.41) is 0.590. The summed E-state index contributed by atoms with van der Waals surface area (Å²) in [7, 11) is 0. The summed E-state index contributed by atoms with van der Waals surface area (Å²) in [4.78, 5) is 16.8. The Kier molecular flexibility index (Phi) is 7.10. The number of thioether (sulfide) groups is 1. The van der Waals surface area contributed by atoms with Crippen molar-refractivity contribution in [3.8, 4) is 5.75 Å². The van der Waals surface area contributed by atoms with Gasteiger partial charge in [-0.05, 0) is 61.7 Å². The van der Waals surface area contributed by atoms with Crippen molar-refractivity contribution < 1.29 is 8.98 Å². The summed E-state index contributed by atoms with van der Waals surface area (Å²) < 4.78 is 7.44. The van der Waals surface area contributed by atoms with Crippen molar-refractivity contribution in [1.29, 1.82) is 0 Å². The summed E-state index contributed by atoms with van der Waals surface area (Å²) >= 11 is 8.00. The summed E-state index contributed by atoms with van der Waals surface area (Å²) in [6.45, 7) is 6.93. The fourth-order valence-corrected chi connectivity index (χ4v) is 5.16. The zero-order valence-electron chi connectivity index (χ0n) is 15.9. The van der Waals surface area contributed by atoms with Crippen molar-refractivity contribution in [3.63, 3.8) is 0 Å². The van der Waals surface area contributed by atoms with E-state index in [9.17, 15) is 4.79 Å². The standard InChI is InChI=1S/C21H21ClN2O2S2/c1-14-10-15(2)20(16(3)11-14)19(12-24-9-8-23-13-24)27-21(25)28-26-18-6-4-17(22)5-7-18/h4-11,13,19H,12H2,1-3H3. The molecule has 28 heavy (non-hydrogen) atoms. The van der Waals surface area contributed by atoms with E-state index in [1.54, 1.807) is 36.8 Å². The van der Waals surface area contributed by atoms with Gasteiger partial charge in [-0.2, -0.15) is 0 Å². The smallest absolute Gasteiger partial charge is 0.285 e. The van der Waals surface area contributed by atoms with Gasteiger partial charge in [0.15, 0.2) is 0 Å². The van der Waals surface area contributed by atoms with Crippen LogP contribution < -0.4 is 4.18 Å². The molecule has 0 saturated carbocycles. The maximum absolute atomic E-state index is 12.6. The first kappa shape index (κ1) is 20.8. The minimum Gasteiger partial charge on any atom is -0.417 e. The van der Waals surface area contributed by atoms with E-state index in [4.69, 9.17) is 15.8 Å². The lowest BCUT2D eigenvalue weighted by atomic mass is 9.97. The molecule has 4 nitrogen and oxygen atoms in total. The largest absolute Gasteiger partial charge is 0.417 e. The van der Waals surface area contributed by atoms with Crippen LogP contribution in [0, 0.1) is 20.8 Å². The molecule has 0 amide bonds. The predicted octanol–water partition coefficient (Wildman–Crippen LogP) is 6.78. The number of carbonyl (C=O) groups is 1. The first-order valence-corrected chi connectivity index (χ1v) is 10.8. The number of nitrogens with zero attached hydrogens (tertiary/aromatic N) is 2. The number of aryl methyl sites for hydroxylation is 3. The average molecular weight is 433 g/mol. The molecule has 0 aliphatic rings. The molecule has 1 unspecified atom stereocenters. The Morgan fingerprint density at radius 1 is 1.18 bits per heavy atom. The van der Waals surface area contributed by atoms with Gasteiger partial charge in [-0.15, -0.1) is 0 Å². The van der Waals surface area contributed by atoms with Crippen LogP contribution in [0.15, 0.2) is 55.1 Å². The molecule has 1 aromatic heterocycles. The number of aromatic nitrogens is 2. The molecule has 0 saturated heterocycles. The molecule has 0 spiro atoms. The van der Waals surface area contributed by atoms with Crippen LogP contribution in [0.3, 0.4) is 0 Å². The highest BCUT2D eigenvalue weighted by atomic mass is 35.5. The van der Waals surface area contributed by atoms with Crippen molar-refractivity contribution in [3.05, 3.63) is 82.4 Å². The van der Waals surface area contributed by atoms with Gasteiger partial charge in [-0.1, -0.05) is 41.1 Å². The zero-order valence-corrected chi connectivity index (χ0v) is 18.3. The molecule has 0 aliphatic carbocycles. The maximum atomic E-state index is 12.6. The second kappa shape index (κ2) is 9.54. The summed E-state index contributed by atoms with van der Waals surface area (Å²) in [6.07, 6.45) is 5.43. The SMILES string of the molecule is Cc1cc(C)c(C(Cn2ccnc2)SC(=O)SOc2ccc(Cl)cc2)c(C)c1. The second-order valence-corrected chi connectivity index (χ2v) is 9.12. The van der Waals surface area contributed by atoms with E-state index < -0.39 is 0 Å². The van der Waals surface area contributed by atoms with Crippen LogP contribution >= 0.6 is 35.4 Å². The van der Waals surface area contributed by atoms with E-state index in [1.165, 1.54) is 34.0 Å². The molecule has 0 bridgehead atoms. The maximum Gasteiger partial charge on any atom is 0.285 e. The lowest BCUT2D eigenvalue weighted by Crippen LogP contribution is -2.10. The third-order valence-corrected chi connectivity index (χ3v) is 6.27. The molecule has 1 atom stereocenters. The number of hydrogen-bond donors (Lipinski definition) is 0. The minimum absolute atomic E-state index is 0.0383. The quantitative estimate of drug-likeness (QED) is 0.401. The normalized spacial score (nSPS) is 12.0. The Bertz CT molecular complexity index is 921. The van der Waals surface area contributed by atoms with Gasteiger partial charge >= 0.3 is 0 Å². The van der Waals surface area contributed by atoms with Crippen LogP contribution in [0.2, 0.25) is 5.02 Å². The molecule has 146 valence electrons. The number of halogens is 1. The van der Waals surface area contributed by atoms with Gasteiger partial charge in [-0.25, -0.2) is 4.98 Å². The number of benzene rings is 2. The predicted molar refractivity (Wildman–Crippen MR) is 118 cm³/mol. The van der Waals surface area contributed by atoms with Crippen molar-refractivity contribution in [2.75, 3.05) is 0 Å². The van der Waals surface area contributed by atoms with E-state index in [-0.39, 0.29) is 9.70 Å². The molecule has 1 heterocycles. The van der Waals surface area contributed by atoms with Gasteiger partial charge in [-0.3, -0.25) is 4.79 Å². The second-order valence-electron chi connectivity index (χ2n) is 6.55. The van der Waals surface area contributed by atoms with Gasteiger partial charge in [0.25, 0.3) is 4.45 Å². The highest BCUT2D eigenvalue weighted by Crippen LogP contribution is 2.39. The fraction of sp³-hybridized carbons (Fsp3) is 0.238. The molecule has 2 aromatic carbocycles. The van der Waals surface area contributed by atoms with Crippen molar-refractivity contribution in [1.82, 2.24) is 9.55 Å². The topological polar surface area (TPSA) is 44.1 Å². The van der Waals surface area contributed by atoms with E-state index >= 15 is 0 Å². The Morgan fingerprint density at radius 3 is 2.46 bits per heavy atom. The highest BCUT2D eigenvalue weighted by molar-refractivity contribution is 8.37. The molecule has 0 N–H and O–H groups in total. The lowest BCUT2D eigenvalue weighted by Gasteiger charge is -2.21. The van der Waals surface area contributed by atoms with E-state index in [0.29, 0.717) is 17.3 Å². The molecule has 3 rings (SSSR count). The van der Waals surface area contributed by atoms with E-state index in [0.717, 1.165) is 12.0 Å². The molecule has 7 heteroatoms. The monoisotopic (exact) mass is 432 g/mol. The minimum atomic E-state index is -0.0977. The zero-order chi connectivity index (χ0) is 20.1. The lowest BCUT2D eigenvalue weighted by molar-refractivity contribution is 0.275. The summed E-state index contributed by atoms with van der Waals surface area (Å²) in [5.41, 5.74) is 4.78. The van der Waals surface area contributed by atoms with Crippen LogP contribution in [0.1, 0.15) is 27.5 Å². The van der Waals surface area contributed by atoms with Gasteiger partial charge < -0.3 is 8.75 Å². The highest BCUT2D eigenvalue weighted by Gasteiger charge is 2.22. The van der Waals surface area contributed by atoms with Crippen LogP contribution in [0.25, 0.3) is 0 Å². The number of imidazole rings is 1. The number of carbonyl (C=O) groups excluding carboxylic acids is 1. The van der Waals surface area contributed by atoms with Gasteiger partial charge in [0.05, 0.1) is 11.6 Å². The molecular formula is C21H21ClN2O2S2. The Labute approximate surface area is 178 Å². The van der Waals surface area contributed by atoms with Crippen LogP contribution in [-0.2, 0) is 6.54 Å². The van der Waals surface area contributed by atoms with Crippen LogP contribution in [0.5, 0.6) is 5.75 Å². The Morgan fingerprint density at radius 2 is 1.86 bits per heavy atom. The van der Waals surface area contributed by atoms with Crippen molar-refractivity contribution >= 4 is 39.9 Å². The van der Waals surface area contributed by atoms with Crippen LogP contribution in [-0.4, -0.2) is 14.0 Å². The molecule has 3 aromatic rings.